The van der Waals surface area contributed by atoms with Crippen molar-refractivity contribution in [3.63, 3.8) is 0 Å². The molecule has 0 radical (unpaired) electrons. The summed E-state index contributed by atoms with van der Waals surface area (Å²) < 4.78 is 5.15. The zero-order valence-corrected chi connectivity index (χ0v) is 11.3. The van der Waals surface area contributed by atoms with Gasteiger partial charge in [0.25, 0.3) is 0 Å². The summed E-state index contributed by atoms with van der Waals surface area (Å²) in [6, 6.07) is -0.296. The summed E-state index contributed by atoms with van der Waals surface area (Å²) in [7, 11) is 0. The van der Waals surface area contributed by atoms with Crippen molar-refractivity contribution in [2.75, 3.05) is 32.8 Å². The van der Waals surface area contributed by atoms with E-state index in [9.17, 15) is 9.59 Å². The van der Waals surface area contributed by atoms with Gasteiger partial charge in [-0.15, -0.1) is 0 Å². The molecule has 0 aromatic carbocycles. The quantitative estimate of drug-likeness (QED) is 0.753. The molecular formula is C12H22N2O4. The van der Waals surface area contributed by atoms with Crippen LogP contribution in [0, 0.1) is 0 Å². The average molecular weight is 258 g/mol. The first-order valence-corrected chi connectivity index (χ1v) is 6.38. The molecule has 0 spiro atoms. The highest BCUT2D eigenvalue weighted by molar-refractivity contribution is 5.81. The minimum Gasteiger partial charge on any atom is -0.479 e. The van der Waals surface area contributed by atoms with Gasteiger partial charge in [0.2, 0.25) is 5.91 Å². The zero-order chi connectivity index (χ0) is 13.7. The Morgan fingerprint density at radius 1 is 1.44 bits per heavy atom. The Hall–Kier alpha value is -1.14. The minimum absolute atomic E-state index is 0.0473. The third kappa shape index (κ3) is 3.43. The summed E-state index contributed by atoms with van der Waals surface area (Å²) in [4.78, 5) is 26.7. The molecule has 1 rings (SSSR count). The van der Waals surface area contributed by atoms with Crippen LogP contribution in [0.4, 0.5) is 0 Å². The summed E-state index contributed by atoms with van der Waals surface area (Å²) in [6.45, 7) is 8.26. The molecule has 1 N–H and O–H groups in total. The van der Waals surface area contributed by atoms with Gasteiger partial charge in [-0.3, -0.25) is 9.69 Å². The lowest BCUT2D eigenvalue weighted by Gasteiger charge is -2.36. The second-order valence-electron chi connectivity index (χ2n) is 4.38. The van der Waals surface area contributed by atoms with Crippen LogP contribution in [0.3, 0.4) is 0 Å². The summed E-state index contributed by atoms with van der Waals surface area (Å²) in [5.74, 6) is -0.923. The molecule has 1 aliphatic heterocycles. The maximum Gasteiger partial charge on any atom is 0.334 e. The van der Waals surface area contributed by atoms with Crippen molar-refractivity contribution < 1.29 is 19.4 Å². The van der Waals surface area contributed by atoms with E-state index in [0.717, 1.165) is 0 Å². The number of rotatable bonds is 5. The van der Waals surface area contributed by atoms with E-state index in [1.165, 1.54) is 0 Å². The van der Waals surface area contributed by atoms with E-state index in [0.29, 0.717) is 26.2 Å². The molecule has 6 nitrogen and oxygen atoms in total. The van der Waals surface area contributed by atoms with Crippen LogP contribution < -0.4 is 0 Å². The number of ether oxygens (including phenoxy) is 1. The predicted molar refractivity (Wildman–Crippen MR) is 66.3 cm³/mol. The van der Waals surface area contributed by atoms with Gasteiger partial charge in [0.1, 0.15) is 0 Å². The van der Waals surface area contributed by atoms with Crippen LogP contribution in [0.2, 0.25) is 0 Å². The number of aliphatic carboxylic acids is 1. The second-order valence-corrected chi connectivity index (χ2v) is 4.38. The lowest BCUT2D eigenvalue weighted by molar-refractivity contribution is -0.159. The van der Waals surface area contributed by atoms with Crippen molar-refractivity contribution in [3.05, 3.63) is 0 Å². The third-order valence-corrected chi connectivity index (χ3v) is 3.35. The number of carbonyl (C=O) groups is 2. The molecule has 1 amide bonds. The Morgan fingerprint density at radius 2 is 2.06 bits per heavy atom. The molecule has 1 aliphatic rings. The number of morpholine rings is 1. The molecule has 0 saturated carbocycles. The first kappa shape index (κ1) is 14.9. The van der Waals surface area contributed by atoms with E-state index in [-0.39, 0.29) is 18.5 Å². The van der Waals surface area contributed by atoms with Gasteiger partial charge in [-0.25, -0.2) is 4.79 Å². The fraction of sp³-hybridized carbons (Fsp3) is 0.833. The molecule has 104 valence electrons. The Labute approximate surface area is 107 Å². The smallest absolute Gasteiger partial charge is 0.334 e. The molecule has 0 aliphatic carbocycles. The van der Waals surface area contributed by atoms with Crippen molar-refractivity contribution in [2.24, 2.45) is 0 Å². The summed E-state index contributed by atoms with van der Waals surface area (Å²) in [5, 5.41) is 8.93. The van der Waals surface area contributed by atoms with Crippen molar-refractivity contribution in [1.82, 2.24) is 9.80 Å². The lowest BCUT2D eigenvalue weighted by Crippen LogP contribution is -2.54. The van der Waals surface area contributed by atoms with Gasteiger partial charge in [-0.1, -0.05) is 0 Å². The molecule has 0 aromatic heterocycles. The molecule has 2 atom stereocenters. The van der Waals surface area contributed by atoms with Gasteiger partial charge in [-0.2, -0.15) is 0 Å². The second kappa shape index (κ2) is 6.70. The van der Waals surface area contributed by atoms with Gasteiger partial charge in [0.05, 0.1) is 12.6 Å². The zero-order valence-electron chi connectivity index (χ0n) is 11.3. The van der Waals surface area contributed by atoms with Crippen LogP contribution in [0.25, 0.3) is 0 Å². The van der Waals surface area contributed by atoms with E-state index in [1.54, 1.807) is 4.90 Å². The van der Waals surface area contributed by atoms with Crippen molar-refractivity contribution in [3.8, 4) is 0 Å². The number of carboxylic acid groups (broad SMARTS) is 1. The van der Waals surface area contributed by atoms with E-state index in [2.05, 4.69) is 0 Å². The highest BCUT2D eigenvalue weighted by Gasteiger charge is 2.32. The summed E-state index contributed by atoms with van der Waals surface area (Å²) >= 11 is 0. The largest absolute Gasteiger partial charge is 0.479 e. The van der Waals surface area contributed by atoms with Gasteiger partial charge in [-0.05, 0) is 20.8 Å². The van der Waals surface area contributed by atoms with E-state index in [1.807, 2.05) is 25.7 Å². The monoisotopic (exact) mass is 258 g/mol. The number of nitrogens with zero attached hydrogens (tertiary/aromatic N) is 2. The van der Waals surface area contributed by atoms with E-state index >= 15 is 0 Å². The average Bonchev–Trinajstić information content (AvgIpc) is 2.39. The Morgan fingerprint density at radius 3 is 2.56 bits per heavy atom. The number of amides is 1. The lowest BCUT2D eigenvalue weighted by atomic mass is 10.2. The summed E-state index contributed by atoms with van der Waals surface area (Å²) in [6.07, 6.45) is -0.828. The molecule has 2 unspecified atom stereocenters. The molecular weight excluding hydrogens is 236 g/mol. The number of carbonyl (C=O) groups excluding carboxylic acids is 1. The Kier molecular flexibility index (Phi) is 5.55. The highest BCUT2D eigenvalue weighted by Crippen LogP contribution is 2.11. The minimum atomic E-state index is -0.970. The molecule has 18 heavy (non-hydrogen) atoms. The Balaban J connectivity index is 2.62. The molecule has 1 saturated heterocycles. The SMILES string of the molecule is CCN(CC)C(=O)C(C)N1CCOC(C(=O)O)C1. The fourth-order valence-electron chi connectivity index (χ4n) is 2.13. The van der Waals surface area contributed by atoms with Crippen LogP contribution in [0.1, 0.15) is 20.8 Å². The summed E-state index contributed by atoms with van der Waals surface area (Å²) in [5.41, 5.74) is 0. The van der Waals surface area contributed by atoms with Crippen LogP contribution in [0.5, 0.6) is 0 Å². The van der Waals surface area contributed by atoms with Crippen LogP contribution in [-0.2, 0) is 14.3 Å². The van der Waals surface area contributed by atoms with Gasteiger partial charge >= 0.3 is 5.97 Å². The first-order valence-electron chi connectivity index (χ1n) is 6.38. The molecule has 1 heterocycles. The number of hydrogen-bond donors (Lipinski definition) is 1. The number of carboxylic acids is 1. The van der Waals surface area contributed by atoms with Crippen molar-refractivity contribution in [1.29, 1.82) is 0 Å². The molecule has 1 fully saturated rings. The van der Waals surface area contributed by atoms with Crippen LogP contribution in [0.15, 0.2) is 0 Å². The van der Waals surface area contributed by atoms with Gasteiger partial charge in [0.15, 0.2) is 6.10 Å². The predicted octanol–water partition coefficient (Wildman–Crippen LogP) is 0.0287. The first-order chi connectivity index (χ1) is 8.51. The Bertz CT molecular complexity index is 304. The number of likely N-dealkylation sites (N-methyl/N-ethyl adjacent to an activating group) is 1. The normalized spacial score (nSPS) is 22.5. The van der Waals surface area contributed by atoms with Crippen LogP contribution >= 0.6 is 0 Å². The van der Waals surface area contributed by atoms with E-state index in [4.69, 9.17) is 9.84 Å². The maximum absolute atomic E-state index is 12.2. The van der Waals surface area contributed by atoms with Gasteiger partial charge < -0.3 is 14.7 Å². The number of hydrogen-bond acceptors (Lipinski definition) is 4. The van der Waals surface area contributed by atoms with Crippen LogP contribution in [-0.4, -0.2) is 71.7 Å². The highest BCUT2D eigenvalue weighted by atomic mass is 16.5. The van der Waals surface area contributed by atoms with Gasteiger partial charge in [0, 0.05) is 26.2 Å². The molecule has 6 heteroatoms. The van der Waals surface area contributed by atoms with Crippen molar-refractivity contribution in [2.45, 2.75) is 32.9 Å². The standard InChI is InChI=1S/C12H22N2O4/c1-4-13(5-2)11(15)9(3)14-6-7-18-10(8-14)12(16)17/h9-10H,4-8H2,1-3H3,(H,16,17). The molecule has 0 aromatic rings. The third-order valence-electron chi connectivity index (χ3n) is 3.35. The van der Waals surface area contributed by atoms with Crippen molar-refractivity contribution >= 4 is 11.9 Å². The maximum atomic E-state index is 12.2. The molecule has 0 bridgehead atoms. The topological polar surface area (TPSA) is 70.1 Å². The van der Waals surface area contributed by atoms with E-state index < -0.39 is 12.1 Å². The fourth-order valence-corrected chi connectivity index (χ4v) is 2.13.